The summed E-state index contributed by atoms with van der Waals surface area (Å²) in [5.41, 5.74) is 0. The van der Waals surface area contributed by atoms with Gasteiger partial charge in [-0.15, -0.1) is 0 Å². The maximum Gasteiger partial charge on any atom is 0.112 e. The van der Waals surface area contributed by atoms with E-state index in [1.165, 1.54) is 80.1 Å². The SMILES string of the molecule is [2H]C([2H])(CCCCCCCCCCCCCC)C[P+](c1ccccc1)(c1ccccc1)c1ccccc1. The van der Waals surface area contributed by atoms with E-state index >= 15 is 0 Å². The van der Waals surface area contributed by atoms with Gasteiger partial charge >= 0.3 is 0 Å². The molecule has 0 nitrogen and oxygen atoms in total. The Bertz CT molecular complexity index is 876. The smallest absolute Gasteiger partial charge is 0.0654 e. The molecule has 0 aliphatic rings. The van der Waals surface area contributed by atoms with Crippen LogP contribution in [0.2, 0.25) is 0 Å². The van der Waals surface area contributed by atoms with Crippen molar-refractivity contribution in [3.05, 3.63) is 91.0 Å². The van der Waals surface area contributed by atoms with Gasteiger partial charge in [0.25, 0.3) is 0 Å². The number of hydrogen-bond donors (Lipinski definition) is 0. The predicted molar refractivity (Wildman–Crippen MR) is 160 cm³/mol. The van der Waals surface area contributed by atoms with Crippen LogP contribution in [0.3, 0.4) is 0 Å². The van der Waals surface area contributed by atoms with Gasteiger partial charge in [0, 0.05) is 2.74 Å². The van der Waals surface area contributed by atoms with Crippen molar-refractivity contribution in [3.8, 4) is 0 Å². The molecule has 0 fully saturated rings. The van der Waals surface area contributed by atoms with E-state index in [1.807, 2.05) is 0 Å². The van der Waals surface area contributed by atoms with E-state index in [0.29, 0.717) is 12.6 Å². The molecule has 0 spiro atoms. The Morgan fingerprint density at radius 1 is 0.457 bits per heavy atom. The van der Waals surface area contributed by atoms with Crippen molar-refractivity contribution in [3.63, 3.8) is 0 Å². The summed E-state index contributed by atoms with van der Waals surface area (Å²) in [6, 6.07) is 32.1. The quantitative estimate of drug-likeness (QED) is 0.123. The molecule has 188 valence electrons. The Balaban J connectivity index is 1.61. The zero-order chi connectivity index (χ0) is 26.2. The van der Waals surface area contributed by atoms with Crippen LogP contribution in [0, 0.1) is 0 Å². The van der Waals surface area contributed by atoms with Gasteiger partial charge in [0.15, 0.2) is 0 Å². The number of unbranched alkanes of at least 4 members (excludes halogenated alkanes) is 11. The van der Waals surface area contributed by atoms with E-state index in [1.54, 1.807) is 0 Å². The number of benzene rings is 3. The van der Waals surface area contributed by atoms with Crippen molar-refractivity contribution >= 4 is 23.2 Å². The molecule has 0 atom stereocenters. The molecular weight excluding hydrogens is 439 g/mol. The first-order chi connectivity index (χ1) is 18.1. The maximum absolute atomic E-state index is 9.16. The minimum atomic E-state index is -2.13. The fraction of sp³-hybridized carbons (Fsp3) is 0.471. The summed E-state index contributed by atoms with van der Waals surface area (Å²) in [5.74, 6) is 0. The molecule has 0 bridgehead atoms. The molecule has 0 aliphatic heterocycles. The highest BCUT2D eigenvalue weighted by Gasteiger charge is 2.44. The Labute approximate surface area is 219 Å². The van der Waals surface area contributed by atoms with Gasteiger partial charge < -0.3 is 0 Å². The van der Waals surface area contributed by atoms with E-state index in [0.717, 1.165) is 12.8 Å². The van der Waals surface area contributed by atoms with Crippen LogP contribution in [0.15, 0.2) is 91.0 Å². The van der Waals surface area contributed by atoms with Crippen LogP contribution >= 0.6 is 7.26 Å². The van der Waals surface area contributed by atoms with E-state index in [9.17, 15) is 0 Å². The Morgan fingerprint density at radius 2 is 0.771 bits per heavy atom. The Hall–Kier alpha value is -1.91. The van der Waals surface area contributed by atoms with Gasteiger partial charge in [-0.3, -0.25) is 0 Å². The summed E-state index contributed by atoms with van der Waals surface area (Å²) >= 11 is 0. The molecule has 0 heterocycles. The van der Waals surface area contributed by atoms with Crippen LogP contribution < -0.4 is 15.9 Å². The Kier molecular flexibility index (Phi) is 11.8. The van der Waals surface area contributed by atoms with Gasteiger partial charge in [-0.1, -0.05) is 139 Å². The first-order valence-electron chi connectivity index (χ1n) is 15.1. The van der Waals surface area contributed by atoms with Gasteiger partial charge in [0.05, 0.1) is 6.16 Å². The normalized spacial score (nSPS) is 12.8. The average molecular weight is 490 g/mol. The van der Waals surface area contributed by atoms with E-state index in [4.69, 9.17) is 2.74 Å². The fourth-order valence-corrected chi connectivity index (χ4v) is 9.09. The summed E-state index contributed by atoms with van der Waals surface area (Å²) in [7, 11) is -2.13. The van der Waals surface area contributed by atoms with Crippen LogP contribution in [-0.4, -0.2) is 6.16 Å². The highest BCUT2D eigenvalue weighted by atomic mass is 31.2. The van der Waals surface area contributed by atoms with Gasteiger partial charge in [0.1, 0.15) is 23.2 Å². The van der Waals surface area contributed by atoms with Crippen molar-refractivity contribution in [2.24, 2.45) is 0 Å². The molecule has 3 aromatic carbocycles. The van der Waals surface area contributed by atoms with Crippen LogP contribution in [0.1, 0.15) is 99.5 Å². The van der Waals surface area contributed by atoms with Crippen molar-refractivity contribution in [2.45, 2.75) is 96.8 Å². The van der Waals surface area contributed by atoms with Gasteiger partial charge in [-0.25, -0.2) is 0 Å². The van der Waals surface area contributed by atoms with Gasteiger partial charge in [-0.05, 0) is 49.2 Å². The van der Waals surface area contributed by atoms with Crippen molar-refractivity contribution in [1.29, 1.82) is 0 Å². The molecular formula is C34H48P+. The molecule has 3 aromatic rings. The highest BCUT2D eigenvalue weighted by molar-refractivity contribution is 7.95. The van der Waals surface area contributed by atoms with Crippen LogP contribution in [-0.2, 0) is 0 Å². The highest BCUT2D eigenvalue weighted by Crippen LogP contribution is 2.56. The molecule has 0 radical (unpaired) electrons. The van der Waals surface area contributed by atoms with Crippen molar-refractivity contribution in [2.75, 3.05) is 6.16 Å². The number of hydrogen-bond acceptors (Lipinski definition) is 0. The third-order valence-corrected chi connectivity index (χ3v) is 11.4. The summed E-state index contributed by atoms with van der Waals surface area (Å²) in [6.45, 7) is 2.28. The number of rotatable bonds is 18. The van der Waals surface area contributed by atoms with Crippen LogP contribution in [0.5, 0.6) is 0 Å². The van der Waals surface area contributed by atoms with Gasteiger partial charge in [-0.2, -0.15) is 0 Å². The lowest BCUT2D eigenvalue weighted by Gasteiger charge is -2.27. The second-order valence-electron chi connectivity index (χ2n) is 9.86. The lowest BCUT2D eigenvalue weighted by molar-refractivity contribution is 0.538. The molecule has 0 N–H and O–H groups in total. The standard InChI is InChI=1S/C34H48P/c1-2-3-4-5-6-7-8-9-10-11-12-13-14-24-31-35(32-25-18-15-19-26-32,33-27-20-16-21-28-33)34-29-22-17-23-30-34/h15-23,25-30H,2-14,24,31H2,1H3/q+1/i24D2. The third kappa shape index (κ3) is 8.91. The largest absolute Gasteiger partial charge is 0.112 e. The lowest BCUT2D eigenvalue weighted by atomic mass is 10.0. The molecule has 3 rings (SSSR count). The summed E-state index contributed by atoms with van der Waals surface area (Å²) in [5, 5.41) is 3.81. The average Bonchev–Trinajstić information content (AvgIpc) is 2.94. The Morgan fingerprint density at radius 3 is 1.11 bits per heavy atom. The molecule has 0 unspecified atom stereocenters. The lowest BCUT2D eigenvalue weighted by Crippen LogP contribution is -2.33. The summed E-state index contributed by atoms with van der Waals surface area (Å²) in [4.78, 5) is 0. The molecule has 0 aliphatic carbocycles. The molecule has 0 saturated carbocycles. The van der Waals surface area contributed by atoms with Crippen molar-refractivity contribution < 1.29 is 2.74 Å². The van der Waals surface area contributed by atoms with Gasteiger partial charge in [0.2, 0.25) is 0 Å². The maximum atomic E-state index is 9.16. The summed E-state index contributed by atoms with van der Waals surface area (Å²) < 4.78 is 18.3. The zero-order valence-corrected chi connectivity index (χ0v) is 22.9. The second kappa shape index (κ2) is 16.7. The first kappa shape index (κ1) is 24.8. The molecule has 35 heavy (non-hydrogen) atoms. The minimum absolute atomic E-state index is 0.552. The molecule has 1 heteroatoms. The molecule has 0 aromatic heterocycles. The molecule has 0 saturated heterocycles. The van der Waals surface area contributed by atoms with Crippen LogP contribution in [0.25, 0.3) is 0 Å². The monoisotopic (exact) mass is 489 g/mol. The van der Waals surface area contributed by atoms with E-state index in [-0.39, 0.29) is 0 Å². The third-order valence-electron chi connectivity index (χ3n) is 7.15. The minimum Gasteiger partial charge on any atom is -0.0654 e. The topological polar surface area (TPSA) is 0 Å². The van der Waals surface area contributed by atoms with Crippen LogP contribution in [0.4, 0.5) is 0 Å². The van der Waals surface area contributed by atoms with E-state index < -0.39 is 13.6 Å². The second-order valence-corrected chi connectivity index (χ2v) is 13.3. The zero-order valence-electron chi connectivity index (χ0n) is 24.0. The summed E-state index contributed by atoms with van der Waals surface area (Å²) in [6.07, 6.45) is 15.6. The first-order valence-corrected chi connectivity index (χ1v) is 16.1. The predicted octanol–water partition coefficient (Wildman–Crippen LogP) is 9.46. The van der Waals surface area contributed by atoms with Crippen molar-refractivity contribution in [1.82, 2.24) is 0 Å². The fourth-order valence-electron chi connectivity index (χ4n) is 5.11. The molecule has 0 amide bonds. The van der Waals surface area contributed by atoms with E-state index in [2.05, 4.69) is 97.9 Å².